The van der Waals surface area contributed by atoms with Crippen LogP contribution in [0.3, 0.4) is 0 Å². The molecule has 1 aliphatic rings. The first-order valence-corrected chi connectivity index (χ1v) is 7.95. The van der Waals surface area contributed by atoms with Crippen molar-refractivity contribution < 1.29 is 23.1 Å². The van der Waals surface area contributed by atoms with E-state index >= 15 is 0 Å². The normalized spacial score (nSPS) is 21.1. The summed E-state index contributed by atoms with van der Waals surface area (Å²) in [5, 5.41) is 14.2. The number of aryl methyl sites for hydroxylation is 1. The van der Waals surface area contributed by atoms with E-state index in [1.54, 1.807) is 19.1 Å². The van der Waals surface area contributed by atoms with Crippen LogP contribution in [0.5, 0.6) is 0 Å². The summed E-state index contributed by atoms with van der Waals surface area (Å²) in [6.45, 7) is 3.71. The van der Waals surface area contributed by atoms with Gasteiger partial charge < -0.3 is 5.11 Å². The van der Waals surface area contributed by atoms with Gasteiger partial charge in [-0.15, -0.1) is 0 Å². The van der Waals surface area contributed by atoms with Gasteiger partial charge in [0.2, 0.25) is 0 Å². The molecular formula is C17H21F3N2O2. The second-order valence-electron chi connectivity index (χ2n) is 6.10. The molecule has 0 radical (unpaired) electrons. The molecule has 7 heteroatoms. The van der Waals surface area contributed by atoms with Gasteiger partial charge in [-0.05, 0) is 31.9 Å². The molecule has 1 N–H and O–H groups in total. The van der Waals surface area contributed by atoms with Crippen LogP contribution in [0.15, 0.2) is 29.4 Å². The van der Waals surface area contributed by atoms with E-state index in [0.29, 0.717) is 12.8 Å². The molecule has 1 atom stereocenters. The Hall–Kier alpha value is -1.89. The monoisotopic (exact) mass is 342 g/mol. The molecule has 0 aromatic heterocycles. The lowest BCUT2D eigenvalue weighted by Crippen LogP contribution is -2.56. The zero-order valence-corrected chi connectivity index (χ0v) is 13.7. The van der Waals surface area contributed by atoms with Crippen LogP contribution in [0.2, 0.25) is 0 Å². The fraction of sp³-hybridized carbons (Fsp3) is 0.529. The number of nitrogens with zero attached hydrogens (tertiary/aromatic N) is 2. The third-order valence-corrected chi connectivity index (χ3v) is 4.02. The van der Waals surface area contributed by atoms with Crippen LogP contribution in [-0.2, 0) is 0 Å². The van der Waals surface area contributed by atoms with Gasteiger partial charge in [0.05, 0.1) is 0 Å². The summed E-state index contributed by atoms with van der Waals surface area (Å²) in [4.78, 5) is 12.5. The molecule has 0 fully saturated rings. The van der Waals surface area contributed by atoms with Crippen LogP contribution in [0.4, 0.5) is 13.2 Å². The van der Waals surface area contributed by atoms with Crippen molar-refractivity contribution in [3.63, 3.8) is 0 Å². The molecule has 132 valence electrons. The molecule has 1 amide bonds. The number of alkyl halides is 3. The minimum absolute atomic E-state index is 0.0660. The average molecular weight is 342 g/mol. The topological polar surface area (TPSA) is 52.9 Å². The molecule has 0 saturated carbocycles. The van der Waals surface area contributed by atoms with E-state index in [2.05, 4.69) is 5.10 Å². The zero-order valence-electron chi connectivity index (χ0n) is 13.7. The van der Waals surface area contributed by atoms with Gasteiger partial charge in [-0.3, -0.25) is 4.79 Å². The molecule has 0 unspecified atom stereocenters. The molecule has 1 aliphatic heterocycles. The van der Waals surface area contributed by atoms with E-state index in [0.717, 1.165) is 18.4 Å². The molecule has 1 aromatic carbocycles. The summed E-state index contributed by atoms with van der Waals surface area (Å²) in [6, 6.07) is 6.20. The summed E-state index contributed by atoms with van der Waals surface area (Å²) in [5.74, 6) is -0.955. The summed E-state index contributed by atoms with van der Waals surface area (Å²) in [6.07, 6.45) is -2.89. The molecule has 0 aliphatic carbocycles. The number of hydrazone groups is 1. The second kappa shape index (κ2) is 6.93. The Labute approximate surface area is 139 Å². The number of aliphatic hydroxyl groups is 1. The van der Waals surface area contributed by atoms with Gasteiger partial charge in [-0.25, -0.2) is 0 Å². The van der Waals surface area contributed by atoms with Gasteiger partial charge in [0.15, 0.2) is 0 Å². The Balaban J connectivity index is 2.32. The van der Waals surface area contributed by atoms with Gasteiger partial charge in [0.1, 0.15) is 0 Å². The first kappa shape index (κ1) is 18.4. The molecule has 4 nitrogen and oxygen atoms in total. The number of hydrogen-bond acceptors (Lipinski definition) is 3. The Kier molecular flexibility index (Phi) is 5.32. The number of rotatable bonds is 5. The molecule has 24 heavy (non-hydrogen) atoms. The third kappa shape index (κ3) is 3.61. The number of benzene rings is 1. The molecule has 1 aromatic rings. The van der Waals surface area contributed by atoms with Crippen molar-refractivity contribution in [2.24, 2.45) is 5.10 Å². The molecule has 2 rings (SSSR count). The molecular weight excluding hydrogens is 321 g/mol. The largest absolute Gasteiger partial charge is 0.438 e. The van der Waals surface area contributed by atoms with Crippen LogP contribution in [0.1, 0.15) is 54.9 Å². The summed E-state index contributed by atoms with van der Waals surface area (Å²) >= 11 is 0. The number of carbonyl (C=O) groups excluding carboxylic acids is 1. The highest BCUT2D eigenvalue weighted by Gasteiger charge is 2.63. The highest BCUT2D eigenvalue weighted by molar-refractivity contribution is 5.98. The fourth-order valence-electron chi connectivity index (χ4n) is 2.67. The van der Waals surface area contributed by atoms with Gasteiger partial charge in [0, 0.05) is 17.7 Å². The average Bonchev–Trinajstić information content (AvgIpc) is 2.85. The standard InChI is InChI=1S/C17H21F3N2O2/c1-3-4-5-9-14-11-16(24,17(18,19)20)22(21-14)15(23)13-8-6-7-12(2)10-13/h6-8,10,24H,3-5,9,11H2,1-2H3/t16-/m1/s1. The first-order valence-electron chi connectivity index (χ1n) is 7.95. The SMILES string of the molecule is CCCCCC1=NN(C(=O)c2cccc(C)c2)[C@](O)(C(F)(F)F)C1. The summed E-state index contributed by atoms with van der Waals surface area (Å²) in [5.41, 5.74) is -2.28. The van der Waals surface area contributed by atoms with Crippen LogP contribution in [0.25, 0.3) is 0 Å². The maximum absolute atomic E-state index is 13.4. The van der Waals surface area contributed by atoms with Gasteiger partial charge >= 0.3 is 6.18 Å². The van der Waals surface area contributed by atoms with Crippen LogP contribution < -0.4 is 0 Å². The molecule has 0 saturated heterocycles. The minimum Gasteiger partial charge on any atom is -0.362 e. The zero-order chi connectivity index (χ0) is 18.0. The number of hydrogen-bond donors (Lipinski definition) is 1. The van der Waals surface area contributed by atoms with Crippen molar-refractivity contribution in [3.8, 4) is 0 Å². The first-order chi connectivity index (χ1) is 11.2. The van der Waals surface area contributed by atoms with Crippen LogP contribution in [0, 0.1) is 6.92 Å². The van der Waals surface area contributed by atoms with Crippen LogP contribution >= 0.6 is 0 Å². The molecule has 1 heterocycles. The van der Waals surface area contributed by atoms with E-state index in [-0.39, 0.29) is 16.3 Å². The minimum atomic E-state index is -4.98. The lowest BCUT2D eigenvalue weighted by Gasteiger charge is -2.32. The Bertz CT molecular complexity index is 643. The predicted molar refractivity (Wildman–Crippen MR) is 84.5 cm³/mol. The Morgan fingerprint density at radius 3 is 2.67 bits per heavy atom. The van der Waals surface area contributed by atoms with E-state index in [1.165, 1.54) is 12.1 Å². The Morgan fingerprint density at radius 2 is 2.08 bits per heavy atom. The highest BCUT2D eigenvalue weighted by atomic mass is 19.4. The highest BCUT2D eigenvalue weighted by Crippen LogP contribution is 2.41. The predicted octanol–water partition coefficient (Wildman–Crippen LogP) is 4.03. The second-order valence-corrected chi connectivity index (χ2v) is 6.10. The number of halogens is 3. The van der Waals surface area contributed by atoms with Crippen molar-refractivity contribution >= 4 is 11.6 Å². The number of amides is 1. The smallest absolute Gasteiger partial charge is 0.362 e. The Morgan fingerprint density at radius 1 is 1.38 bits per heavy atom. The fourth-order valence-corrected chi connectivity index (χ4v) is 2.67. The maximum Gasteiger partial charge on any atom is 0.438 e. The number of unbranched alkanes of at least 4 members (excludes halogenated alkanes) is 2. The quantitative estimate of drug-likeness (QED) is 0.822. The van der Waals surface area contributed by atoms with Crippen molar-refractivity contribution in [1.29, 1.82) is 0 Å². The van der Waals surface area contributed by atoms with Crippen molar-refractivity contribution in [2.45, 2.75) is 57.9 Å². The maximum atomic E-state index is 13.4. The lowest BCUT2D eigenvalue weighted by molar-refractivity contribution is -0.297. The molecule has 0 bridgehead atoms. The van der Waals surface area contributed by atoms with Crippen molar-refractivity contribution in [2.75, 3.05) is 0 Å². The lowest BCUT2D eigenvalue weighted by atomic mass is 10.0. The van der Waals surface area contributed by atoms with E-state index < -0.39 is 24.2 Å². The summed E-state index contributed by atoms with van der Waals surface area (Å²) in [7, 11) is 0. The van der Waals surface area contributed by atoms with Gasteiger partial charge in [-0.2, -0.15) is 23.3 Å². The van der Waals surface area contributed by atoms with E-state index in [9.17, 15) is 23.1 Å². The van der Waals surface area contributed by atoms with E-state index in [4.69, 9.17) is 0 Å². The molecule has 0 spiro atoms. The van der Waals surface area contributed by atoms with Crippen LogP contribution in [-0.4, -0.2) is 33.6 Å². The van der Waals surface area contributed by atoms with Crippen molar-refractivity contribution in [1.82, 2.24) is 5.01 Å². The van der Waals surface area contributed by atoms with Gasteiger partial charge in [-0.1, -0.05) is 37.5 Å². The third-order valence-electron chi connectivity index (χ3n) is 4.02. The van der Waals surface area contributed by atoms with Crippen molar-refractivity contribution in [3.05, 3.63) is 35.4 Å². The van der Waals surface area contributed by atoms with Gasteiger partial charge in [0.25, 0.3) is 11.6 Å². The van der Waals surface area contributed by atoms with E-state index in [1.807, 2.05) is 6.92 Å². The summed E-state index contributed by atoms with van der Waals surface area (Å²) < 4.78 is 40.2. The number of carbonyl (C=O) groups is 1.